The molecule has 1 aliphatic rings. The predicted octanol–water partition coefficient (Wildman–Crippen LogP) is 0.457. The first-order chi connectivity index (χ1) is 4.61. The molecule has 0 aromatic carbocycles. The lowest BCUT2D eigenvalue weighted by Gasteiger charge is -2.06. The van der Waals surface area contributed by atoms with Gasteiger partial charge in [-0.05, 0) is 19.3 Å². The van der Waals surface area contributed by atoms with E-state index < -0.39 is 5.97 Å². The van der Waals surface area contributed by atoms with Crippen molar-refractivity contribution in [2.24, 2.45) is 5.92 Å². The summed E-state index contributed by atoms with van der Waals surface area (Å²) in [5.74, 6) is -0.239. The van der Waals surface area contributed by atoms with Crippen LogP contribution in [0, 0.1) is 5.92 Å². The number of carboxylic acids is 1. The first-order valence-electron chi connectivity index (χ1n) is 3.60. The Balaban J connectivity index is 2.49. The second-order valence-corrected chi connectivity index (χ2v) is 3.06. The summed E-state index contributed by atoms with van der Waals surface area (Å²) < 4.78 is 0. The van der Waals surface area contributed by atoms with Crippen LogP contribution < -0.4 is 5.32 Å². The molecule has 0 aliphatic carbocycles. The van der Waals surface area contributed by atoms with E-state index in [1.54, 1.807) is 0 Å². The molecule has 0 bridgehead atoms. The maximum atomic E-state index is 10.4. The van der Waals surface area contributed by atoms with Crippen LogP contribution in [0.2, 0.25) is 0 Å². The number of rotatable bonds is 1. The highest BCUT2D eigenvalue weighted by Crippen LogP contribution is 2.18. The molecule has 0 aromatic heterocycles. The predicted molar refractivity (Wildman–Crippen MR) is 37.8 cm³/mol. The fraction of sp³-hybridized carbons (Fsp3) is 0.857. The molecule has 1 aliphatic heterocycles. The second-order valence-electron chi connectivity index (χ2n) is 3.06. The lowest BCUT2D eigenvalue weighted by atomic mass is 10.0. The normalized spacial score (nSPS) is 40.0. The van der Waals surface area contributed by atoms with Gasteiger partial charge in [-0.3, -0.25) is 4.79 Å². The zero-order chi connectivity index (χ0) is 7.72. The molecule has 10 heavy (non-hydrogen) atoms. The van der Waals surface area contributed by atoms with Gasteiger partial charge in [0.15, 0.2) is 0 Å². The van der Waals surface area contributed by atoms with Gasteiger partial charge in [0.25, 0.3) is 0 Å². The van der Waals surface area contributed by atoms with Crippen LogP contribution in [0.4, 0.5) is 0 Å². The molecule has 1 fully saturated rings. The van der Waals surface area contributed by atoms with Crippen molar-refractivity contribution >= 4 is 5.97 Å². The van der Waals surface area contributed by atoms with E-state index in [0.29, 0.717) is 12.0 Å². The van der Waals surface area contributed by atoms with Gasteiger partial charge in [-0.15, -0.1) is 0 Å². The standard InChI is InChI=1S/C7H13NO2/c1-4-3-6(7(9)10)8-5(4)2/h4-6,8H,3H2,1-2H3,(H,9,10)/t4-,5-,6+/m0/s1. The van der Waals surface area contributed by atoms with Crippen LogP contribution in [0.1, 0.15) is 20.3 Å². The van der Waals surface area contributed by atoms with Crippen molar-refractivity contribution in [1.82, 2.24) is 5.32 Å². The van der Waals surface area contributed by atoms with Crippen LogP contribution in [-0.2, 0) is 4.79 Å². The van der Waals surface area contributed by atoms with Crippen LogP contribution in [0.15, 0.2) is 0 Å². The fourth-order valence-corrected chi connectivity index (χ4v) is 1.30. The molecule has 0 spiro atoms. The van der Waals surface area contributed by atoms with E-state index in [0.717, 1.165) is 6.42 Å². The van der Waals surface area contributed by atoms with E-state index in [1.165, 1.54) is 0 Å². The Labute approximate surface area is 60.4 Å². The van der Waals surface area contributed by atoms with Gasteiger partial charge in [-0.1, -0.05) is 6.92 Å². The van der Waals surface area contributed by atoms with Crippen LogP contribution in [0.5, 0.6) is 0 Å². The molecule has 1 saturated heterocycles. The van der Waals surface area contributed by atoms with E-state index in [-0.39, 0.29) is 6.04 Å². The van der Waals surface area contributed by atoms with Gasteiger partial charge in [0, 0.05) is 6.04 Å². The molecule has 3 nitrogen and oxygen atoms in total. The Morgan fingerprint density at radius 3 is 2.40 bits per heavy atom. The first-order valence-corrected chi connectivity index (χ1v) is 3.60. The van der Waals surface area contributed by atoms with Crippen molar-refractivity contribution in [3.8, 4) is 0 Å². The van der Waals surface area contributed by atoms with Crippen LogP contribution in [0.3, 0.4) is 0 Å². The van der Waals surface area contributed by atoms with E-state index in [4.69, 9.17) is 5.11 Å². The topological polar surface area (TPSA) is 49.3 Å². The molecular weight excluding hydrogens is 130 g/mol. The van der Waals surface area contributed by atoms with E-state index in [2.05, 4.69) is 12.2 Å². The van der Waals surface area contributed by atoms with Gasteiger partial charge >= 0.3 is 5.97 Å². The lowest BCUT2D eigenvalue weighted by Crippen LogP contribution is -2.34. The summed E-state index contributed by atoms with van der Waals surface area (Å²) in [6.45, 7) is 4.09. The Kier molecular flexibility index (Phi) is 1.94. The van der Waals surface area contributed by atoms with Crippen LogP contribution in [0.25, 0.3) is 0 Å². The van der Waals surface area contributed by atoms with Crippen LogP contribution >= 0.6 is 0 Å². The smallest absolute Gasteiger partial charge is 0.320 e. The number of hydrogen-bond donors (Lipinski definition) is 2. The number of carboxylic acid groups (broad SMARTS) is 1. The molecule has 0 aromatic rings. The Bertz CT molecular complexity index is 137. The summed E-state index contributed by atoms with van der Waals surface area (Å²) in [6, 6.07) is 0.0334. The summed E-state index contributed by atoms with van der Waals surface area (Å²) in [5.41, 5.74) is 0. The molecule has 58 valence electrons. The Morgan fingerprint density at radius 1 is 1.60 bits per heavy atom. The molecule has 1 rings (SSSR count). The zero-order valence-corrected chi connectivity index (χ0v) is 6.29. The van der Waals surface area contributed by atoms with Gasteiger partial charge in [-0.25, -0.2) is 0 Å². The van der Waals surface area contributed by atoms with Gasteiger partial charge in [-0.2, -0.15) is 0 Å². The lowest BCUT2D eigenvalue weighted by molar-refractivity contribution is -0.139. The molecule has 3 heteroatoms. The molecule has 0 unspecified atom stereocenters. The van der Waals surface area contributed by atoms with Gasteiger partial charge in [0.1, 0.15) is 6.04 Å². The maximum absolute atomic E-state index is 10.4. The van der Waals surface area contributed by atoms with E-state index in [1.807, 2.05) is 6.92 Å². The number of carbonyl (C=O) groups is 1. The molecule has 0 radical (unpaired) electrons. The minimum atomic E-state index is -0.726. The van der Waals surface area contributed by atoms with E-state index in [9.17, 15) is 4.79 Å². The quantitative estimate of drug-likeness (QED) is 0.560. The molecule has 0 saturated carbocycles. The highest BCUT2D eigenvalue weighted by Gasteiger charge is 2.31. The SMILES string of the molecule is C[C@@H]1N[C@@H](C(=O)O)C[C@@H]1C. The first kappa shape index (κ1) is 7.54. The van der Waals surface area contributed by atoms with Gasteiger partial charge < -0.3 is 10.4 Å². The number of aliphatic carboxylic acids is 1. The van der Waals surface area contributed by atoms with Gasteiger partial charge in [0.05, 0.1) is 0 Å². The van der Waals surface area contributed by atoms with Crippen molar-refractivity contribution < 1.29 is 9.90 Å². The summed E-state index contributed by atoms with van der Waals surface area (Å²) in [6.07, 6.45) is 0.760. The minimum absolute atomic E-state index is 0.315. The van der Waals surface area contributed by atoms with Crippen molar-refractivity contribution in [3.63, 3.8) is 0 Å². The van der Waals surface area contributed by atoms with Crippen molar-refractivity contribution in [2.45, 2.75) is 32.4 Å². The number of nitrogens with one attached hydrogen (secondary N) is 1. The van der Waals surface area contributed by atoms with Crippen molar-refractivity contribution in [2.75, 3.05) is 0 Å². The second kappa shape index (κ2) is 2.58. The van der Waals surface area contributed by atoms with E-state index >= 15 is 0 Å². The maximum Gasteiger partial charge on any atom is 0.320 e. The monoisotopic (exact) mass is 143 g/mol. The average Bonchev–Trinajstić information content (AvgIpc) is 2.13. The summed E-state index contributed by atoms with van der Waals surface area (Å²) in [7, 11) is 0. The zero-order valence-electron chi connectivity index (χ0n) is 6.29. The van der Waals surface area contributed by atoms with Crippen LogP contribution in [-0.4, -0.2) is 23.2 Å². The van der Waals surface area contributed by atoms with Crippen molar-refractivity contribution in [3.05, 3.63) is 0 Å². The third kappa shape index (κ3) is 1.29. The minimum Gasteiger partial charge on any atom is -0.480 e. The molecule has 2 N–H and O–H groups in total. The Morgan fingerprint density at radius 2 is 2.20 bits per heavy atom. The average molecular weight is 143 g/mol. The van der Waals surface area contributed by atoms with Gasteiger partial charge in [0.2, 0.25) is 0 Å². The summed E-state index contributed by atoms with van der Waals surface area (Å²) >= 11 is 0. The fourth-order valence-electron chi connectivity index (χ4n) is 1.30. The molecule has 1 heterocycles. The highest BCUT2D eigenvalue weighted by atomic mass is 16.4. The third-order valence-corrected chi connectivity index (χ3v) is 2.22. The molecular formula is C7H13NO2. The largest absolute Gasteiger partial charge is 0.480 e. The summed E-state index contributed by atoms with van der Waals surface area (Å²) in [5, 5.41) is 11.6. The third-order valence-electron chi connectivity index (χ3n) is 2.22. The number of hydrogen-bond acceptors (Lipinski definition) is 2. The molecule has 0 amide bonds. The summed E-state index contributed by atoms with van der Waals surface area (Å²) in [4.78, 5) is 10.4. The van der Waals surface area contributed by atoms with Crippen molar-refractivity contribution in [1.29, 1.82) is 0 Å². The molecule has 3 atom stereocenters. The Hall–Kier alpha value is -0.570. The highest BCUT2D eigenvalue weighted by molar-refractivity contribution is 5.73.